The number of nitrogens with zero attached hydrogens (tertiary/aromatic N) is 3. The van der Waals surface area contributed by atoms with E-state index < -0.39 is 0 Å². The lowest BCUT2D eigenvalue weighted by molar-refractivity contribution is 0.762. The van der Waals surface area contributed by atoms with Gasteiger partial charge in [-0.25, -0.2) is 9.97 Å². The molecule has 0 aliphatic rings. The largest absolute Gasteiger partial charge is 0.309 e. The number of pyridine rings is 1. The molecule has 0 saturated heterocycles. The van der Waals surface area contributed by atoms with Crippen LogP contribution in [0.4, 0.5) is 0 Å². The van der Waals surface area contributed by atoms with E-state index in [0.717, 1.165) is 10.0 Å². The van der Waals surface area contributed by atoms with Gasteiger partial charge in [-0.3, -0.25) is 4.79 Å². The number of rotatable bonds is 3. The number of fused-ring (bicyclic) bond motifs is 1. The lowest BCUT2D eigenvalue weighted by Gasteiger charge is -2.09. The summed E-state index contributed by atoms with van der Waals surface area (Å²) in [6, 6.07) is 9.88. The van der Waals surface area contributed by atoms with Gasteiger partial charge in [0.1, 0.15) is 0 Å². The van der Waals surface area contributed by atoms with Gasteiger partial charge >= 0.3 is 0 Å². The highest BCUT2D eigenvalue weighted by molar-refractivity contribution is 9.10. The van der Waals surface area contributed by atoms with Crippen LogP contribution in [0, 0.1) is 0 Å². The number of benzene rings is 1. The Kier molecular flexibility index (Phi) is 4.07. The molecule has 3 aromatic rings. The first-order valence-corrected chi connectivity index (χ1v) is 8.34. The van der Waals surface area contributed by atoms with E-state index in [1.54, 1.807) is 17.0 Å². The third-order valence-corrected chi connectivity index (χ3v) is 4.27. The first-order chi connectivity index (χ1) is 10.2. The molecule has 6 heteroatoms. The Labute approximate surface area is 134 Å². The molecule has 0 saturated carbocycles. The molecule has 0 atom stereocenters. The number of thioether (sulfide) groups is 1. The molecule has 0 aliphatic heterocycles. The Bertz CT molecular complexity index is 849. The van der Waals surface area contributed by atoms with Crippen molar-refractivity contribution in [1.82, 2.24) is 14.5 Å². The first-order valence-electron chi connectivity index (χ1n) is 6.32. The van der Waals surface area contributed by atoms with Crippen LogP contribution in [-0.2, 0) is 6.54 Å². The molecule has 106 valence electrons. The van der Waals surface area contributed by atoms with Gasteiger partial charge in [0.2, 0.25) is 0 Å². The molecule has 4 nitrogen and oxygen atoms in total. The van der Waals surface area contributed by atoms with Gasteiger partial charge in [-0.05, 0) is 27.7 Å². The molecule has 2 heterocycles. The van der Waals surface area contributed by atoms with Crippen molar-refractivity contribution in [1.29, 1.82) is 0 Å². The van der Waals surface area contributed by atoms with Gasteiger partial charge in [0, 0.05) is 12.4 Å². The summed E-state index contributed by atoms with van der Waals surface area (Å²) < 4.78 is 2.47. The molecule has 0 bridgehead atoms. The average Bonchev–Trinajstić information content (AvgIpc) is 2.53. The zero-order chi connectivity index (χ0) is 14.8. The van der Waals surface area contributed by atoms with Gasteiger partial charge in [0.05, 0.1) is 21.9 Å². The van der Waals surface area contributed by atoms with Gasteiger partial charge in [0.15, 0.2) is 5.16 Å². The van der Waals surface area contributed by atoms with Crippen LogP contribution < -0.4 is 5.56 Å². The SMILES string of the molecule is CSc1ncc2c(=O)n(Cc3ccccc3)cc(Br)c2n1. The molecular formula is C15H12BrN3OS. The Hall–Kier alpha value is -1.66. The smallest absolute Gasteiger partial charge is 0.261 e. The summed E-state index contributed by atoms with van der Waals surface area (Å²) in [5.41, 5.74) is 1.65. The Morgan fingerprint density at radius 2 is 2.05 bits per heavy atom. The number of hydrogen-bond donors (Lipinski definition) is 0. The van der Waals surface area contributed by atoms with Crippen LogP contribution in [0.3, 0.4) is 0 Å². The predicted octanol–water partition coefficient (Wildman–Crippen LogP) is 3.32. The summed E-state index contributed by atoms with van der Waals surface area (Å²) in [5, 5.41) is 1.18. The zero-order valence-corrected chi connectivity index (χ0v) is 13.7. The number of aromatic nitrogens is 3. The Morgan fingerprint density at radius 1 is 1.29 bits per heavy atom. The number of halogens is 1. The molecule has 0 unspecified atom stereocenters. The minimum absolute atomic E-state index is 0.0790. The third-order valence-electron chi connectivity index (χ3n) is 3.13. The van der Waals surface area contributed by atoms with Crippen molar-refractivity contribution >= 4 is 38.6 Å². The summed E-state index contributed by atoms with van der Waals surface area (Å²) in [6.45, 7) is 0.526. The van der Waals surface area contributed by atoms with Crippen LogP contribution in [0.15, 0.2) is 57.1 Å². The minimum Gasteiger partial charge on any atom is -0.309 e. The van der Waals surface area contributed by atoms with Crippen LogP contribution in [0.2, 0.25) is 0 Å². The highest BCUT2D eigenvalue weighted by atomic mass is 79.9. The average molecular weight is 362 g/mol. The summed E-state index contributed by atoms with van der Waals surface area (Å²) in [6.07, 6.45) is 5.29. The molecule has 1 aromatic carbocycles. The maximum absolute atomic E-state index is 12.5. The molecule has 0 amide bonds. The van der Waals surface area contributed by atoms with E-state index in [-0.39, 0.29) is 5.56 Å². The highest BCUT2D eigenvalue weighted by Crippen LogP contribution is 2.21. The van der Waals surface area contributed by atoms with E-state index in [1.807, 2.05) is 36.6 Å². The monoisotopic (exact) mass is 361 g/mol. The molecule has 0 radical (unpaired) electrons. The predicted molar refractivity (Wildman–Crippen MR) is 88.8 cm³/mol. The zero-order valence-electron chi connectivity index (χ0n) is 11.3. The standard InChI is InChI=1S/C15H12BrN3OS/c1-21-15-17-7-11-13(18-15)12(16)9-19(14(11)20)8-10-5-3-2-4-6-10/h2-7,9H,8H2,1H3. The molecule has 3 rings (SSSR count). The van der Waals surface area contributed by atoms with Crippen LogP contribution in [0.5, 0.6) is 0 Å². The van der Waals surface area contributed by atoms with E-state index in [0.29, 0.717) is 22.6 Å². The fourth-order valence-corrected chi connectivity index (χ4v) is 3.00. The second-order valence-corrected chi connectivity index (χ2v) is 6.14. The maximum atomic E-state index is 12.5. The second-order valence-electron chi connectivity index (χ2n) is 4.51. The quantitative estimate of drug-likeness (QED) is 0.530. The van der Waals surface area contributed by atoms with Gasteiger partial charge in [-0.15, -0.1) is 0 Å². The van der Waals surface area contributed by atoms with Gasteiger partial charge in [0.25, 0.3) is 5.56 Å². The summed E-state index contributed by atoms with van der Waals surface area (Å²) in [7, 11) is 0. The fourth-order valence-electron chi connectivity index (χ4n) is 2.11. The van der Waals surface area contributed by atoms with Crippen molar-refractivity contribution in [3.05, 3.63) is 63.1 Å². The highest BCUT2D eigenvalue weighted by Gasteiger charge is 2.10. The van der Waals surface area contributed by atoms with Gasteiger partial charge in [-0.2, -0.15) is 0 Å². The van der Waals surface area contributed by atoms with E-state index >= 15 is 0 Å². The fraction of sp³-hybridized carbons (Fsp3) is 0.133. The van der Waals surface area contributed by atoms with E-state index in [9.17, 15) is 4.79 Å². The topological polar surface area (TPSA) is 47.8 Å². The van der Waals surface area contributed by atoms with Crippen LogP contribution in [-0.4, -0.2) is 20.8 Å². The molecule has 0 spiro atoms. The van der Waals surface area contributed by atoms with Crippen LogP contribution in [0.25, 0.3) is 10.9 Å². The second kappa shape index (κ2) is 5.99. The van der Waals surface area contributed by atoms with Crippen molar-refractivity contribution in [3.63, 3.8) is 0 Å². The maximum Gasteiger partial charge on any atom is 0.261 e. The summed E-state index contributed by atoms with van der Waals surface area (Å²) in [4.78, 5) is 21.1. The third kappa shape index (κ3) is 2.87. The van der Waals surface area contributed by atoms with Crippen molar-refractivity contribution in [2.24, 2.45) is 0 Å². The van der Waals surface area contributed by atoms with E-state index in [2.05, 4.69) is 25.9 Å². The molecule has 0 fully saturated rings. The van der Waals surface area contributed by atoms with E-state index in [4.69, 9.17) is 0 Å². The molecule has 0 N–H and O–H groups in total. The minimum atomic E-state index is -0.0790. The van der Waals surface area contributed by atoms with Crippen molar-refractivity contribution in [2.75, 3.05) is 6.26 Å². The summed E-state index contributed by atoms with van der Waals surface area (Å²) in [5.74, 6) is 0. The molecular weight excluding hydrogens is 350 g/mol. The molecule has 0 aliphatic carbocycles. The van der Waals surface area contributed by atoms with E-state index in [1.165, 1.54) is 11.8 Å². The summed E-state index contributed by atoms with van der Waals surface area (Å²) >= 11 is 4.95. The lowest BCUT2D eigenvalue weighted by atomic mass is 10.2. The van der Waals surface area contributed by atoms with Gasteiger partial charge in [-0.1, -0.05) is 42.1 Å². The Morgan fingerprint density at radius 3 is 2.76 bits per heavy atom. The van der Waals surface area contributed by atoms with Crippen molar-refractivity contribution in [3.8, 4) is 0 Å². The number of hydrogen-bond acceptors (Lipinski definition) is 4. The van der Waals surface area contributed by atoms with Crippen LogP contribution in [0.1, 0.15) is 5.56 Å². The lowest BCUT2D eigenvalue weighted by Crippen LogP contribution is -2.21. The van der Waals surface area contributed by atoms with Crippen molar-refractivity contribution in [2.45, 2.75) is 11.7 Å². The first kappa shape index (κ1) is 14.3. The normalized spacial score (nSPS) is 11.0. The molecule has 2 aromatic heterocycles. The van der Waals surface area contributed by atoms with Crippen molar-refractivity contribution < 1.29 is 0 Å². The Balaban J connectivity index is 2.13. The molecule has 21 heavy (non-hydrogen) atoms. The van der Waals surface area contributed by atoms with Gasteiger partial charge < -0.3 is 4.57 Å². The van der Waals surface area contributed by atoms with Crippen LogP contribution >= 0.6 is 27.7 Å².